The Morgan fingerprint density at radius 3 is 2.73 bits per heavy atom. The van der Waals surface area contributed by atoms with Crippen molar-refractivity contribution in [3.05, 3.63) is 42.7 Å². The van der Waals surface area contributed by atoms with Crippen LogP contribution < -0.4 is 4.74 Å². The minimum atomic E-state index is -4.40. The first-order chi connectivity index (χ1) is 10.4. The molecule has 0 aliphatic heterocycles. The topological polar surface area (TPSA) is 56.5 Å². The minimum absolute atomic E-state index is 0.166. The standard InChI is InChI=1S/C14H15F3N2O3/c15-14(16,17)10-21-8-12(20)9-22-13-4-1-3-11(7-13)19-6-2-5-18-19/h1-7,12,20H,8-10H2. The summed E-state index contributed by atoms with van der Waals surface area (Å²) < 4.78 is 47.0. The SMILES string of the molecule is OC(COCC(F)(F)F)COc1cccc(-n2cccn2)c1. The molecule has 1 aromatic carbocycles. The quantitative estimate of drug-likeness (QED) is 0.851. The molecule has 1 unspecified atom stereocenters. The number of rotatable bonds is 7. The predicted molar refractivity (Wildman–Crippen MR) is 71.9 cm³/mol. The average Bonchev–Trinajstić information content (AvgIpc) is 2.98. The van der Waals surface area contributed by atoms with Crippen molar-refractivity contribution in [2.75, 3.05) is 19.8 Å². The van der Waals surface area contributed by atoms with E-state index >= 15 is 0 Å². The number of alkyl halides is 3. The van der Waals surface area contributed by atoms with Crippen LogP contribution in [0.3, 0.4) is 0 Å². The van der Waals surface area contributed by atoms with Crippen molar-refractivity contribution < 1.29 is 27.8 Å². The van der Waals surface area contributed by atoms with Gasteiger partial charge in [0.05, 0.1) is 12.3 Å². The first-order valence-electron chi connectivity index (χ1n) is 6.49. The summed E-state index contributed by atoms with van der Waals surface area (Å²) in [6, 6.07) is 8.73. The molecule has 0 bridgehead atoms. The Hall–Kier alpha value is -2.06. The summed E-state index contributed by atoms with van der Waals surface area (Å²) in [7, 11) is 0. The highest BCUT2D eigenvalue weighted by molar-refractivity contribution is 5.38. The lowest BCUT2D eigenvalue weighted by Crippen LogP contribution is -2.27. The zero-order chi connectivity index (χ0) is 16.0. The van der Waals surface area contributed by atoms with E-state index in [1.807, 2.05) is 6.07 Å². The molecule has 0 saturated heterocycles. The van der Waals surface area contributed by atoms with Crippen LogP contribution in [0, 0.1) is 0 Å². The molecule has 1 atom stereocenters. The number of hydrogen-bond acceptors (Lipinski definition) is 4. The van der Waals surface area contributed by atoms with Crippen molar-refractivity contribution in [2.24, 2.45) is 0 Å². The molecule has 5 nitrogen and oxygen atoms in total. The van der Waals surface area contributed by atoms with Crippen LogP contribution in [-0.4, -0.2) is 47.0 Å². The first kappa shape index (κ1) is 16.3. The second-order valence-electron chi connectivity index (χ2n) is 4.54. The molecule has 0 aliphatic carbocycles. The molecule has 120 valence electrons. The van der Waals surface area contributed by atoms with Crippen LogP contribution in [0.5, 0.6) is 5.75 Å². The molecule has 0 saturated carbocycles. The van der Waals surface area contributed by atoms with Gasteiger partial charge >= 0.3 is 6.18 Å². The van der Waals surface area contributed by atoms with Gasteiger partial charge < -0.3 is 14.6 Å². The minimum Gasteiger partial charge on any atom is -0.491 e. The van der Waals surface area contributed by atoms with Crippen LogP contribution in [0.15, 0.2) is 42.7 Å². The van der Waals surface area contributed by atoms with Crippen molar-refractivity contribution in [1.82, 2.24) is 9.78 Å². The van der Waals surface area contributed by atoms with Crippen LogP contribution >= 0.6 is 0 Å². The van der Waals surface area contributed by atoms with Crippen LogP contribution in [-0.2, 0) is 4.74 Å². The number of nitrogens with zero attached hydrogens (tertiary/aromatic N) is 2. The van der Waals surface area contributed by atoms with E-state index in [1.54, 1.807) is 41.3 Å². The van der Waals surface area contributed by atoms with Gasteiger partial charge in [-0.05, 0) is 18.2 Å². The normalized spacial score (nSPS) is 13.1. The van der Waals surface area contributed by atoms with Gasteiger partial charge in [0.1, 0.15) is 25.1 Å². The summed E-state index contributed by atoms with van der Waals surface area (Å²) in [6.45, 7) is -2.00. The molecular formula is C14H15F3N2O3. The molecule has 1 N–H and O–H groups in total. The van der Waals surface area contributed by atoms with Gasteiger partial charge in [0.2, 0.25) is 0 Å². The molecule has 2 aromatic rings. The lowest BCUT2D eigenvalue weighted by Gasteiger charge is -2.14. The first-order valence-corrected chi connectivity index (χ1v) is 6.49. The van der Waals surface area contributed by atoms with Gasteiger partial charge in [0, 0.05) is 18.5 Å². The average molecular weight is 316 g/mol. The fraction of sp³-hybridized carbons (Fsp3) is 0.357. The third-order valence-electron chi connectivity index (χ3n) is 2.60. The van der Waals surface area contributed by atoms with Crippen molar-refractivity contribution >= 4 is 0 Å². The fourth-order valence-corrected chi connectivity index (χ4v) is 1.69. The maximum Gasteiger partial charge on any atom is 0.411 e. The summed E-state index contributed by atoms with van der Waals surface area (Å²) in [5.74, 6) is 0.475. The van der Waals surface area contributed by atoms with E-state index in [0.717, 1.165) is 5.69 Å². The Balaban J connectivity index is 1.80. The number of aromatic nitrogens is 2. The van der Waals surface area contributed by atoms with Crippen molar-refractivity contribution in [2.45, 2.75) is 12.3 Å². The zero-order valence-electron chi connectivity index (χ0n) is 11.5. The monoisotopic (exact) mass is 316 g/mol. The van der Waals surface area contributed by atoms with Gasteiger partial charge in [-0.1, -0.05) is 6.07 Å². The number of aliphatic hydroxyl groups excluding tert-OH is 1. The molecule has 0 amide bonds. The van der Waals surface area contributed by atoms with Gasteiger partial charge in [-0.15, -0.1) is 0 Å². The number of ether oxygens (including phenoxy) is 2. The Morgan fingerprint density at radius 2 is 2.05 bits per heavy atom. The lowest BCUT2D eigenvalue weighted by molar-refractivity contribution is -0.179. The summed E-state index contributed by atoms with van der Waals surface area (Å²) in [6.07, 6.45) is -2.15. The Bertz CT molecular complexity index is 573. The van der Waals surface area contributed by atoms with Gasteiger partial charge in [0.15, 0.2) is 0 Å². The molecule has 0 radical (unpaired) electrons. The van der Waals surface area contributed by atoms with Gasteiger partial charge in [-0.3, -0.25) is 0 Å². The molecule has 0 fully saturated rings. The summed E-state index contributed by atoms with van der Waals surface area (Å²) >= 11 is 0. The molecule has 1 aromatic heterocycles. The van der Waals surface area contributed by atoms with Crippen LogP contribution in [0.4, 0.5) is 13.2 Å². The highest BCUT2D eigenvalue weighted by Gasteiger charge is 2.27. The number of hydrogen-bond donors (Lipinski definition) is 1. The third kappa shape index (κ3) is 5.38. The van der Waals surface area contributed by atoms with E-state index in [4.69, 9.17) is 4.74 Å². The predicted octanol–water partition coefficient (Wildman–Crippen LogP) is 2.19. The molecule has 2 rings (SSSR count). The largest absolute Gasteiger partial charge is 0.491 e. The highest BCUT2D eigenvalue weighted by Crippen LogP contribution is 2.17. The lowest BCUT2D eigenvalue weighted by atomic mass is 10.3. The number of benzene rings is 1. The second-order valence-corrected chi connectivity index (χ2v) is 4.54. The van der Waals surface area contributed by atoms with E-state index in [0.29, 0.717) is 5.75 Å². The van der Waals surface area contributed by atoms with E-state index in [2.05, 4.69) is 9.84 Å². The number of halogens is 3. The van der Waals surface area contributed by atoms with Gasteiger partial charge in [-0.25, -0.2) is 4.68 Å². The van der Waals surface area contributed by atoms with Gasteiger partial charge in [0.25, 0.3) is 0 Å². The van der Waals surface area contributed by atoms with Crippen molar-refractivity contribution in [3.63, 3.8) is 0 Å². The molecule has 0 aliphatic rings. The van der Waals surface area contributed by atoms with Gasteiger partial charge in [-0.2, -0.15) is 18.3 Å². The van der Waals surface area contributed by atoms with Crippen LogP contribution in [0.25, 0.3) is 5.69 Å². The Kier molecular flexibility index (Phi) is 5.40. The smallest absolute Gasteiger partial charge is 0.411 e. The maximum atomic E-state index is 11.9. The van der Waals surface area contributed by atoms with E-state index in [-0.39, 0.29) is 6.61 Å². The van der Waals surface area contributed by atoms with Crippen LogP contribution in [0.1, 0.15) is 0 Å². The Morgan fingerprint density at radius 1 is 1.23 bits per heavy atom. The van der Waals surface area contributed by atoms with E-state index < -0.39 is 25.5 Å². The van der Waals surface area contributed by atoms with E-state index in [9.17, 15) is 18.3 Å². The van der Waals surface area contributed by atoms with Crippen molar-refractivity contribution in [1.29, 1.82) is 0 Å². The molecule has 0 spiro atoms. The summed E-state index contributed by atoms with van der Waals surface area (Å²) in [5, 5.41) is 13.6. The number of aliphatic hydroxyl groups is 1. The maximum absolute atomic E-state index is 11.9. The molecular weight excluding hydrogens is 301 g/mol. The highest BCUT2D eigenvalue weighted by atomic mass is 19.4. The van der Waals surface area contributed by atoms with Crippen LogP contribution in [0.2, 0.25) is 0 Å². The van der Waals surface area contributed by atoms with Crippen molar-refractivity contribution in [3.8, 4) is 11.4 Å². The third-order valence-corrected chi connectivity index (χ3v) is 2.60. The summed E-state index contributed by atoms with van der Waals surface area (Å²) in [5.41, 5.74) is 0.769. The molecule has 22 heavy (non-hydrogen) atoms. The molecule has 1 heterocycles. The zero-order valence-corrected chi connectivity index (χ0v) is 11.5. The second kappa shape index (κ2) is 7.28. The molecule has 8 heteroatoms. The summed E-state index contributed by atoms with van der Waals surface area (Å²) in [4.78, 5) is 0. The van der Waals surface area contributed by atoms with E-state index in [1.165, 1.54) is 0 Å². The fourth-order valence-electron chi connectivity index (χ4n) is 1.69. The Labute approximate surface area is 124 Å².